The van der Waals surface area contributed by atoms with Crippen LogP contribution in [0.5, 0.6) is 0 Å². The van der Waals surface area contributed by atoms with Crippen LogP contribution in [0.15, 0.2) is 24.3 Å². The molecule has 1 atom stereocenters. The number of carbonyl (C=O) groups is 2. The molecule has 1 aliphatic rings. The molecule has 21 heavy (non-hydrogen) atoms. The number of carboxylic acid groups (broad SMARTS) is 1. The lowest BCUT2D eigenvalue weighted by atomic mass is 9.95. The van der Waals surface area contributed by atoms with Crippen molar-refractivity contribution in [3.8, 4) is 0 Å². The first kappa shape index (κ1) is 15.3. The van der Waals surface area contributed by atoms with Crippen molar-refractivity contribution in [2.75, 3.05) is 18.5 Å². The quantitative estimate of drug-likeness (QED) is 0.792. The summed E-state index contributed by atoms with van der Waals surface area (Å²) in [4.78, 5) is 22.7. The van der Waals surface area contributed by atoms with E-state index in [-0.39, 0.29) is 18.0 Å². The molecule has 1 unspecified atom stereocenters. The third-order valence-electron chi connectivity index (χ3n) is 3.39. The van der Waals surface area contributed by atoms with E-state index in [0.29, 0.717) is 17.9 Å². The third-order valence-corrected chi connectivity index (χ3v) is 3.39. The molecule has 6 nitrogen and oxygen atoms in total. The second kappa shape index (κ2) is 6.58. The fourth-order valence-corrected chi connectivity index (χ4v) is 2.40. The van der Waals surface area contributed by atoms with E-state index in [1.807, 2.05) is 6.92 Å². The van der Waals surface area contributed by atoms with Gasteiger partial charge in [0.1, 0.15) is 0 Å². The number of rotatable bonds is 4. The highest BCUT2D eigenvalue weighted by Crippen LogP contribution is 2.18. The lowest BCUT2D eigenvalue weighted by molar-refractivity contribution is -0.136. The summed E-state index contributed by atoms with van der Waals surface area (Å²) in [5, 5.41) is 14.4. The van der Waals surface area contributed by atoms with Crippen LogP contribution >= 0.6 is 0 Å². The molecular formula is C15H20N2O4. The van der Waals surface area contributed by atoms with Gasteiger partial charge in [0, 0.05) is 12.3 Å². The van der Waals surface area contributed by atoms with Crippen LogP contribution in [0.1, 0.15) is 25.3 Å². The van der Waals surface area contributed by atoms with Crippen LogP contribution < -0.4 is 10.6 Å². The normalized spacial score (nSPS) is 21.6. The summed E-state index contributed by atoms with van der Waals surface area (Å²) in [6.45, 7) is 3.18. The van der Waals surface area contributed by atoms with Gasteiger partial charge in [-0.1, -0.05) is 12.1 Å². The monoisotopic (exact) mass is 292 g/mol. The van der Waals surface area contributed by atoms with E-state index in [0.717, 1.165) is 19.4 Å². The predicted octanol–water partition coefficient (Wildman–Crippen LogP) is 2.00. The standard InChI is InChI=1S/C15H20N2O4/c1-15(6-3-7-21-10-15)17-14(20)16-12-5-2-4-11(8-12)9-13(18)19/h2,4-5,8H,3,6-7,9-10H2,1H3,(H,18,19)(H2,16,17,20). The SMILES string of the molecule is CC1(NC(=O)Nc2cccc(CC(=O)O)c2)CCCOC1. The van der Waals surface area contributed by atoms with Crippen molar-refractivity contribution in [3.05, 3.63) is 29.8 Å². The highest BCUT2D eigenvalue weighted by atomic mass is 16.5. The van der Waals surface area contributed by atoms with Crippen LogP contribution in [0.4, 0.5) is 10.5 Å². The van der Waals surface area contributed by atoms with Gasteiger partial charge >= 0.3 is 12.0 Å². The number of carboxylic acids is 1. The van der Waals surface area contributed by atoms with E-state index in [4.69, 9.17) is 9.84 Å². The third kappa shape index (κ3) is 4.75. The minimum absolute atomic E-state index is 0.0668. The summed E-state index contributed by atoms with van der Waals surface area (Å²) < 4.78 is 5.39. The van der Waals surface area contributed by atoms with Gasteiger partial charge in [-0.25, -0.2) is 4.79 Å². The van der Waals surface area contributed by atoms with Crippen molar-refractivity contribution in [2.24, 2.45) is 0 Å². The molecule has 1 aromatic carbocycles. The number of hydrogen-bond acceptors (Lipinski definition) is 3. The van der Waals surface area contributed by atoms with E-state index < -0.39 is 5.97 Å². The lowest BCUT2D eigenvalue weighted by Crippen LogP contribution is -2.52. The smallest absolute Gasteiger partial charge is 0.319 e. The topological polar surface area (TPSA) is 87.7 Å². The summed E-state index contributed by atoms with van der Waals surface area (Å²) >= 11 is 0. The Kier molecular flexibility index (Phi) is 4.80. The zero-order valence-corrected chi connectivity index (χ0v) is 12.0. The number of aliphatic carboxylic acids is 1. The van der Waals surface area contributed by atoms with Crippen molar-refractivity contribution >= 4 is 17.7 Å². The number of urea groups is 1. The molecule has 1 aliphatic heterocycles. The second-order valence-electron chi connectivity index (χ2n) is 5.57. The van der Waals surface area contributed by atoms with E-state index in [1.54, 1.807) is 24.3 Å². The van der Waals surface area contributed by atoms with Crippen molar-refractivity contribution in [1.29, 1.82) is 0 Å². The Hall–Kier alpha value is -2.08. The molecule has 1 heterocycles. The molecule has 2 amide bonds. The van der Waals surface area contributed by atoms with Crippen LogP contribution in [0.3, 0.4) is 0 Å². The Bertz CT molecular complexity index is 524. The number of amides is 2. The van der Waals surface area contributed by atoms with E-state index >= 15 is 0 Å². The molecule has 114 valence electrons. The first-order valence-electron chi connectivity index (χ1n) is 6.94. The molecule has 0 spiro atoms. The van der Waals surface area contributed by atoms with Crippen molar-refractivity contribution in [3.63, 3.8) is 0 Å². The number of carbonyl (C=O) groups excluding carboxylic acids is 1. The van der Waals surface area contributed by atoms with Crippen molar-refractivity contribution in [1.82, 2.24) is 5.32 Å². The van der Waals surface area contributed by atoms with Gasteiger partial charge in [0.15, 0.2) is 0 Å². The molecule has 0 aromatic heterocycles. The maximum absolute atomic E-state index is 12.0. The Morgan fingerprint density at radius 2 is 2.24 bits per heavy atom. The molecule has 0 aliphatic carbocycles. The van der Waals surface area contributed by atoms with E-state index in [2.05, 4.69) is 10.6 Å². The summed E-state index contributed by atoms with van der Waals surface area (Å²) in [5.74, 6) is -0.900. The van der Waals surface area contributed by atoms with Crippen LogP contribution in [-0.2, 0) is 16.0 Å². The van der Waals surface area contributed by atoms with Gasteiger partial charge in [-0.05, 0) is 37.5 Å². The number of nitrogens with one attached hydrogen (secondary N) is 2. The Labute approximate surface area is 123 Å². The van der Waals surface area contributed by atoms with Crippen molar-refractivity contribution in [2.45, 2.75) is 31.7 Å². The average Bonchev–Trinajstić information content (AvgIpc) is 2.38. The first-order valence-corrected chi connectivity index (χ1v) is 6.94. The predicted molar refractivity (Wildman–Crippen MR) is 78.4 cm³/mol. The molecule has 2 rings (SSSR count). The number of anilines is 1. The number of hydrogen-bond donors (Lipinski definition) is 3. The Balaban J connectivity index is 1.94. The molecule has 1 fully saturated rings. The van der Waals surface area contributed by atoms with Gasteiger partial charge < -0.3 is 20.5 Å². The molecule has 6 heteroatoms. The molecule has 0 saturated carbocycles. The van der Waals surface area contributed by atoms with Gasteiger partial charge in [-0.3, -0.25) is 4.79 Å². The summed E-state index contributed by atoms with van der Waals surface area (Å²) in [6.07, 6.45) is 1.73. The van der Waals surface area contributed by atoms with Gasteiger partial charge in [0.05, 0.1) is 18.6 Å². The molecule has 3 N–H and O–H groups in total. The highest BCUT2D eigenvalue weighted by Gasteiger charge is 2.29. The molecular weight excluding hydrogens is 272 g/mol. The minimum atomic E-state index is -0.900. The fourth-order valence-electron chi connectivity index (χ4n) is 2.40. The van der Waals surface area contributed by atoms with E-state index in [1.165, 1.54) is 0 Å². The van der Waals surface area contributed by atoms with Gasteiger partial charge in [-0.15, -0.1) is 0 Å². The first-order chi connectivity index (χ1) is 9.97. The Morgan fingerprint density at radius 3 is 2.90 bits per heavy atom. The molecule has 1 aromatic rings. The largest absolute Gasteiger partial charge is 0.481 e. The minimum Gasteiger partial charge on any atom is -0.481 e. The van der Waals surface area contributed by atoms with Gasteiger partial charge in [0.2, 0.25) is 0 Å². The van der Waals surface area contributed by atoms with Crippen molar-refractivity contribution < 1.29 is 19.4 Å². The van der Waals surface area contributed by atoms with Crippen LogP contribution in [0.25, 0.3) is 0 Å². The molecule has 0 radical (unpaired) electrons. The van der Waals surface area contributed by atoms with Gasteiger partial charge in [0.25, 0.3) is 0 Å². The highest BCUT2D eigenvalue weighted by molar-refractivity contribution is 5.90. The zero-order chi connectivity index (χ0) is 15.3. The second-order valence-corrected chi connectivity index (χ2v) is 5.57. The number of ether oxygens (including phenoxy) is 1. The van der Waals surface area contributed by atoms with Crippen LogP contribution in [0, 0.1) is 0 Å². The maximum Gasteiger partial charge on any atom is 0.319 e. The zero-order valence-electron chi connectivity index (χ0n) is 12.0. The molecule has 1 saturated heterocycles. The summed E-state index contributed by atoms with van der Waals surface area (Å²) in [6, 6.07) is 6.51. The fraction of sp³-hybridized carbons (Fsp3) is 0.467. The summed E-state index contributed by atoms with van der Waals surface area (Å²) in [7, 11) is 0. The number of benzene rings is 1. The van der Waals surface area contributed by atoms with Crippen LogP contribution in [-0.4, -0.2) is 35.9 Å². The van der Waals surface area contributed by atoms with Gasteiger partial charge in [-0.2, -0.15) is 0 Å². The average molecular weight is 292 g/mol. The van der Waals surface area contributed by atoms with Crippen LogP contribution in [0.2, 0.25) is 0 Å². The molecule has 0 bridgehead atoms. The maximum atomic E-state index is 12.0. The Morgan fingerprint density at radius 1 is 1.43 bits per heavy atom. The summed E-state index contributed by atoms with van der Waals surface area (Å²) in [5.41, 5.74) is 0.861. The van der Waals surface area contributed by atoms with E-state index in [9.17, 15) is 9.59 Å². The lowest BCUT2D eigenvalue weighted by Gasteiger charge is -2.34.